The molecule has 0 spiro atoms. The standard InChI is InChI=1S/C12H17BrN2O2.ClH/c1-8(6-14)7-15-12(16)10-5-9(17-2)3-4-11(10)13;/h3-5,8H,6-7,14H2,1-2H3,(H,15,16);1H. The molecule has 0 heterocycles. The first-order chi connectivity index (χ1) is 8.08. The number of carbonyl (C=O) groups excluding carboxylic acids is 1. The molecule has 1 aromatic rings. The molecule has 0 aliphatic carbocycles. The van der Waals surface area contributed by atoms with Gasteiger partial charge in [0.15, 0.2) is 0 Å². The molecule has 0 aliphatic heterocycles. The third-order valence-electron chi connectivity index (χ3n) is 2.43. The molecule has 0 aliphatic rings. The molecule has 6 heteroatoms. The zero-order valence-corrected chi connectivity index (χ0v) is 12.8. The Morgan fingerprint density at radius 2 is 2.22 bits per heavy atom. The zero-order chi connectivity index (χ0) is 12.8. The molecule has 3 N–H and O–H groups in total. The summed E-state index contributed by atoms with van der Waals surface area (Å²) in [7, 11) is 1.57. The maximum atomic E-state index is 11.9. The predicted molar refractivity (Wildman–Crippen MR) is 78.5 cm³/mol. The van der Waals surface area contributed by atoms with Crippen molar-refractivity contribution in [2.75, 3.05) is 20.2 Å². The predicted octanol–water partition coefficient (Wildman–Crippen LogP) is 2.20. The average molecular weight is 338 g/mol. The van der Waals surface area contributed by atoms with Crippen LogP contribution in [0.3, 0.4) is 0 Å². The lowest BCUT2D eigenvalue weighted by Gasteiger charge is -2.11. The summed E-state index contributed by atoms with van der Waals surface area (Å²) in [5.41, 5.74) is 6.06. The molecule has 1 unspecified atom stereocenters. The highest BCUT2D eigenvalue weighted by atomic mass is 79.9. The molecule has 102 valence electrons. The van der Waals surface area contributed by atoms with E-state index in [0.717, 1.165) is 4.47 Å². The van der Waals surface area contributed by atoms with Gasteiger partial charge in [0.2, 0.25) is 0 Å². The smallest absolute Gasteiger partial charge is 0.252 e. The first kappa shape index (κ1) is 17.2. The monoisotopic (exact) mass is 336 g/mol. The highest BCUT2D eigenvalue weighted by molar-refractivity contribution is 9.10. The van der Waals surface area contributed by atoms with Crippen molar-refractivity contribution in [3.8, 4) is 5.75 Å². The van der Waals surface area contributed by atoms with E-state index in [4.69, 9.17) is 10.5 Å². The number of benzene rings is 1. The molecule has 0 saturated heterocycles. The molecular weight excluding hydrogens is 320 g/mol. The van der Waals surface area contributed by atoms with Crippen LogP contribution in [-0.4, -0.2) is 26.1 Å². The fourth-order valence-electron chi connectivity index (χ4n) is 1.25. The third kappa shape index (κ3) is 4.84. The minimum absolute atomic E-state index is 0. The molecule has 0 saturated carbocycles. The Balaban J connectivity index is 0.00000289. The van der Waals surface area contributed by atoms with E-state index in [1.54, 1.807) is 25.3 Å². The van der Waals surface area contributed by atoms with Crippen molar-refractivity contribution in [2.45, 2.75) is 6.92 Å². The summed E-state index contributed by atoms with van der Waals surface area (Å²) in [6.07, 6.45) is 0. The van der Waals surface area contributed by atoms with Crippen LogP contribution in [-0.2, 0) is 0 Å². The van der Waals surface area contributed by atoms with Gasteiger partial charge in [-0.1, -0.05) is 6.92 Å². The fraction of sp³-hybridized carbons (Fsp3) is 0.417. The summed E-state index contributed by atoms with van der Waals surface area (Å²) < 4.78 is 5.83. The largest absolute Gasteiger partial charge is 0.497 e. The summed E-state index contributed by atoms with van der Waals surface area (Å²) in [5.74, 6) is 0.796. The van der Waals surface area contributed by atoms with Crippen LogP contribution in [0.2, 0.25) is 0 Å². The lowest BCUT2D eigenvalue weighted by Crippen LogP contribution is -2.31. The second kappa shape index (κ2) is 8.34. The molecule has 0 radical (unpaired) electrons. The van der Waals surface area contributed by atoms with Gasteiger partial charge in [-0.25, -0.2) is 0 Å². The highest BCUT2D eigenvalue weighted by Gasteiger charge is 2.11. The first-order valence-electron chi connectivity index (χ1n) is 5.40. The van der Waals surface area contributed by atoms with Crippen LogP contribution in [0, 0.1) is 5.92 Å². The van der Waals surface area contributed by atoms with Crippen molar-refractivity contribution >= 4 is 34.2 Å². The third-order valence-corrected chi connectivity index (χ3v) is 3.12. The second-order valence-corrected chi connectivity index (χ2v) is 4.75. The zero-order valence-electron chi connectivity index (χ0n) is 10.4. The quantitative estimate of drug-likeness (QED) is 0.866. The Morgan fingerprint density at radius 3 is 2.78 bits per heavy atom. The number of nitrogens with two attached hydrogens (primary N) is 1. The number of hydrogen-bond donors (Lipinski definition) is 2. The SMILES string of the molecule is COc1ccc(Br)c(C(=O)NCC(C)CN)c1.Cl. The van der Waals surface area contributed by atoms with E-state index in [9.17, 15) is 4.79 Å². The molecule has 1 aromatic carbocycles. The molecule has 1 rings (SSSR count). The molecule has 1 atom stereocenters. The number of nitrogens with one attached hydrogen (secondary N) is 1. The van der Waals surface area contributed by atoms with Gasteiger partial charge in [-0.15, -0.1) is 12.4 Å². The van der Waals surface area contributed by atoms with Crippen molar-refractivity contribution in [2.24, 2.45) is 11.7 Å². The Bertz CT molecular complexity index is 402. The van der Waals surface area contributed by atoms with Crippen LogP contribution in [0.5, 0.6) is 5.75 Å². The van der Waals surface area contributed by atoms with Gasteiger partial charge in [-0.3, -0.25) is 4.79 Å². The summed E-state index contributed by atoms with van der Waals surface area (Å²) >= 11 is 3.34. The van der Waals surface area contributed by atoms with Crippen LogP contribution in [0.4, 0.5) is 0 Å². The van der Waals surface area contributed by atoms with Crippen LogP contribution in [0.25, 0.3) is 0 Å². The topological polar surface area (TPSA) is 64.3 Å². The maximum Gasteiger partial charge on any atom is 0.252 e. The van der Waals surface area contributed by atoms with Gasteiger partial charge in [0.25, 0.3) is 5.91 Å². The Labute approximate surface area is 122 Å². The molecule has 1 amide bonds. The van der Waals surface area contributed by atoms with Crippen molar-refractivity contribution in [1.82, 2.24) is 5.32 Å². The molecule has 0 aromatic heterocycles. The van der Waals surface area contributed by atoms with Crippen molar-refractivity contribution in [1.29, 1.82) is 0 Å². The Hall–Kier alpha value is -0.780. The highest BCUT2D eigenvalue weighted by Crippen LogP contribution is 2.22. The van der Waals surface area contributed by atoms with Gasteiger partial charge in [-0.05, 0) is 46.6 Å². The van der Waals surface area contributed by atoms with Crippen LogP contribution < -0.4 is 15.8 Å². The summed E-state index contributed by atoms with van der Waals surface area (Å²) in [4.78, 5) is 11.9. The molecule has 0 fully saturated rings. The van der Waals surface area contributed by atoms with Crippen molar-refractivity contribution in [3.63, 3.8) is 0 Å². The first-order valence-corrected chi connectivity index (χ1v) is 6.19. The van der Waals surface area contributed by atoms with Crippen molar-refractivity contribution in [3.05, 3.63) is 28.2 Å². The fourth-order valence-corrected chi connectivity index (χ4v) is 1.68. The minimum atomic E-state index is -0.129. The molecule has 18 heavy (non-hydrogen) atoms. The number of carbonyl (C=O) groups is 1. The van der Waals surface area contributed by atoms with Gasteiger partial charge >= 0.3 is 0 Å². The second-order valence-electron chi connectivity index (χ2n) is 3.90. The maximum absolute atomic E-state index is 11.9. The van der Waals surface area contributed by atoms with E-state index in [0.29, 0.717) is 24.4 Å². The molecule has 0 bridgehead atoms. The Kier molecular flexibility index (Phi) is 7.98. The van der Waals surface area contributed by atoms with E-state index in [1.165, 1.54) is 0 Å². The van der Waals surface area contributed by atoms with Gasteiger partial charge in [0, 0.05) is 11.0 Å². The van der Waals surface area contributed by atoms with Gasteiger partial charge in [0.05, 0.1) is 12.7 Å². The van der Waals surface area contributed by atoms with Crippen LogP contribution in [0.15, 0.2) is 22.7 Å². The van der Waals surface area contributed by atoms with E-state index in [1.807, 2.05) is 6.92 Å². The van der Waals surface area contributed by atoms with Gasteiger partial charge < -0.3 is 15.8 Å². The van der Waals surface area contributed by atoms with E-state index >= 15 is 0 Å². The van der Waals surface area contributed by atoms with Crippen LogP contribution >= 0.6 is 28.3 Å². The number of ether oxygens (including phenoxy) is 1. The van der Waals surface area contributed by atoms with Crippen LogP contribution in [0.1, 0.15) is 17.3 Å². The lowest BCUT2D eigenvalue weighted by atomic mass is 10.1. The molecular formula is C12H18BrClN2O2. The number of methoxy groups -OCH3 is 1. The van der Waals surface area contributed by atoms with E-state index in [2.05, 4.69) is 21.2 Å². The summed E-state index contributed by atoms with van der Waals surface area (Å²) in [5, 5.41) is 2.84. The lowest BCUT2D eigenvalue weighted by molar-refractivity contribution is 0.0947. The van der Waals surface area contributed by atoms with Gasteiger partial charge in [0.1, 0.15) is 5.75 Å². The molecule has 4 nitrogen and oxygen atoms in total. The van der Waals surface area contributed by atoms with Crippen molar-refractivity contribution < 1.29 is 9.53 Å². The average Bonchev–Trinajstić information content (AvgIpc) is 2.36. The number of rotatable bonds is 5. The van der Waals surface area contributed by atoms with Gasteiger partial charge in [-0.2, -0.15) is 0 Å². The van der Waals surface area contributed by atoms with E-state index < -0.39 is 0 Å². The summed E-state index contributed by atoms with van der Waals surface area (Å²) in [6, 6.07) is 5.29. The Morgan fingerprint density at radius 1 is 1.56 bits per heavy atom. The number of hydrogen-bond acceptors (Lipinski definition) is 3. The number of halogens is 2. The normalized spacial score (nSPS) is 11.3. The number of amides is 1. The summed E-state index contributed by atoms with van der Waals surface area (Å²) in [6.45, 7) is 3.11. The minimum Gasteiger partial charge on any atom is -0.497 e. The van der Waals surface area contributed by atoms with E-state index in [-0.39, 0.29) is 24.2 Å².